The number of benzene rings is 1. The molecule has 0 aliphatic heterocycles. The van der Waals surface area contributed by atoms with Crippen molar-refractivity contribution in [1.82, 2.24) is 0 Å². The third kappa shape index (κ3) is 2.98. The minimum Gasteiger partial charge on any atom is -0.367 e. The smallest absolute Gasteiger partial charge is 0.197 e. The number of hydrogen-bond donors (Lipinski definition) is 0. The largest absolute Gasteiger partial charge is 0.367 e. The van der Waals surface area contributed by atoms with E-state index in [0.717, 1.165) is 25.0 Å². The molecule has 21 heavy (non-hydrogen) atoms. The van der Waals surface area contributed by atoms with Gasteiger partial charge in [0, 0.05) is 6.61 Å². The van der Waals surface area contributed by atoms with Gasteiger partial charge in [-0.15, -0.1) is 0 Å². The Kier molecular flexibility index (Phi) is 4.71. The molecule has 0 spiro atoms. The van der Waals surface area contributed by atoms with Crippen LogP contribution < -0.4 is 0 Å². The molecule has 0 N–H and O–H groups in total. The Morgan fingerprint density at radius 3 is 2.67 bits per heavy atom. The van der Waals surface area contributed by atoms with Crippen LogP contribution in [0.1, 0.15) is 49.9 Å². The van der Waals surface area contributed by atoms with E-state index in [4.69, 9.17) is 4.74 Å². The molecule has 1 aromatic carbocycles. The molecule has 116 valence electrons. The molecule has 2 nitrogen and oxygen atoms in total. The number of hydrogen-bond acceptors (Lipinski definition) is 2. The van der Waals surface area contributed by atoms with Gasteiger partial charge in [-0.3, -0.25) is 4.79 Å². The molecular formula is C16H19F3O2. The molecule has 0 bridgehead atoms. The zero-order valence-electron chi connectivity index (χ0n) is 12.2. The van der Waals surface area contributed by atoms with Gasteiger partial charge < -0.3 is 4.74 Å². The molecule has 1 aliphatic carbocycles. The van der Waals surface area contributed by atoms with Crippen molar-refractivity contribution in [1.29, 1.82) is 0 Å². The zero-order valence-corrected chi connectivity index (χ0v) is 12.2. The van der Waals surface area contributed by atoms with Crippen LogP contribution in [0.25, 0.3) is 0 Å². The number of ketones is 1. The molecule has 0 aromatic heterocycles. The summed E-state index contributed by atoms with van der Waals surface area (Å²) in [6, 6.07) is 1.77. The van der Waals surface area contributed by atoms with Gasteiger partial charge in [0.2, 0.25) is 0 Å². The lowest BCUT2D eigenvalue weighted by Crippen LogP contribution is -2.46. The number of rotatable bonds is 4. The predicted octanol–water partition coefficient (Wildman–Crippen LogP) is 4.27. The van der Waals surface area contributed by atoms with E-state index >= 15 is 0 Å². The molecule has 1 aromatic rings. The van der Waals surface area contributed by atoms with Crippen LogP contribution in [0.5, 0.6) is 0 Å². The van der Waals surface area contributed by atoms with Gasteiger partial charge in [0.25, 0.3) is 0 Å². The van der Waals surface area contributed by atoms with Crippen molar-refractivity contribution >= 4 is 5.78 Å². The summed E-state index contributed by atoms with van der Waals surface area (Å²) in [5.74, 6) is -4.67. The lowest BCUT2D eigenvalue weighted by Gasteiger charge is -2.38. The van der Waals surface area contributed by atoms with Crippen molar-refractivity contribution in [2.75, 3.05) is 6.61 Å². The number of carbonyl (C=O) groups excluding carboxylic acids is 1. The Hall–Kier alpha value is -1.36. The van der Waals surface area contributed by atoms with Gasteiger partial charge >= 0.3 is 0 Å². The van der Waals surface area contributed by atoms with Crippen LogP contribution in [0.2, 0.25) is 0 Å². The lowest BCUT2D eigenvalue weighted by atomic mass is 9.74. The fraction of sp³-hybridized carbons (Fsp3) is 0.562. The summed E-state index contributed by atoms with van der Waals surface area (Å²) in [4.78, 5) is 12.7. The second kappa shape index (κ2) is 6.18. The molecule has 2 rings (SSSR count). The third-order valence-corrected chi connectivity index (χ3v) is 4.07. The average Bonchev–Trinajstić information content (AvgIpc) is 2.45. The first kappa shape index (κ1) is 16.0. The van der Waals surface area contributed by atoms with E-state index in [1.807, 2.05) is 6.92 Å². The highest BCUT2D eigenvalue weighted by atomic mass is 19.2. The molecular weight excluding hydrogens is 281 g/mol. The first-order valence-electron chi connectivity index (χ1n) is 7.23. The van der Waals surface area contributed by atoms with Gasteiger partial charge in [-0.05, 0) is 44.2 Å². The van der Waals surface area contributed by atoms with Crippen molar-refractivity contribution in [3.8, 4) is 0 Å². The van der Waals surface area contributed by atoms with Crippen molar-refractivity contribution < 1.29 is 22.7 Å². The highest BCUT2D eigenvalue weighted by Gasteiger charge is 2.44. The Bertz CT molecular complexity index is 541. The van der Waals surface area contributed by atoms with Gasteiger partial charge in [0.15, 0.2) is 23.2 Å². The van der Waals surface area contributed by atoms with Crippen molar-refractivity contribution in [2.45, 2.75) is 45.1 Å². The first-order chi connectivity index (χ1) is 9.91. The quantitative estimate of drug-likeness (QED) is 0.613. The van der Waals surface area contributed by atoms with Gasteiger partial charge in [0.05, 0.1) is 5.56 Å². The summed E-state index contributed by atoms with van der Waals surface area (Å²) >= 11 is 0. The molecule has 0 radical (unpaired) electrons. The standard InChI is InChI=1S/C16H19F3O2/c1-3-21-16(8-4-5-10(2)9-16)15(20)11-6-7-12(17)14(19)13(11)18/h6-7,10H,3-5,8-9H2,1-2H3. The molecule has 2 unspecified atom stereocenters. The van der Waals surface area contributed by atoms with Gasteiger partial charge in [-0.2, -0.15) is 0 Å². The number of Topliss-reactive ketones (excluding diaryl/α,β-unsaturated/α-hetero) is 1. The Morgan fingerprint density at radius 2 is 2.05 bits per heavy atom. The maximum atomic E-state index is 13.9. The number of carbonyl (C=O) groups is 1. The minimum atomic E-state index is -1.61. The molecule has 1 fully saturated rings. The molecule has 0 saturated heterocycles. The van der Waals surface area contributed by atoms with Crippen LogP contribution in [-0.4, -0.2) is 18.0 Å². The fourth-order valence-electron chi connectivity index (χ4n) is 3.13. The van der Waals surface area contributed by atoms with E-state index in [2.05, 4.69) is 0 Å². The minimum absolute atomic E-state index is 0.266. The van der Waals surface area contributed by atoms with E-state index < -0.39 is 34.4 Å². The Labute approximate surface area is 122 Å². The van der Waals surface area contributed by atoms with Crippen LogP contribution >= 0.6 is 0 Å². The summed E-state index contributed by atoms with van der Waals surface area (Å²) in [7, 11) is 0. The molecule has 1 saturated carbocycles. The van der Waals surface area contributed by atoms with E-state index in [-0.39, 0.29) is 5.92 Å². The van der Waals surface area contributed by atoms with Gasteiger partial charge in [0.1, 0.15) is 5.60 Å². The van der Waals surface area contributed by atoms with Gasteiger partial charge in [-0.25, -0.2) is 13.2 Å². The molecule has 1 aliphatic rings. The summed E-state index contributed by atoms with van der Waals surface area (Å²) in [5.41, 5.74) is -1.56. The van der Waals surface area contributed by atoms with Crippen LogP contribution in [0.15, 0.2) is 12.1 Å². The summed E-state index contributed by atoms with van der Waals surface area (Å²) < 4.78 is 45.9. The zero-order chi connectivity index (χ0) is 15.6. The predicted molar refractivity (Wildman–Crippen MR) is 72.6 cm³/mol. The topological polar surface area (TPSA) is 26.3 Å². The SMILES string of the molecule is CCOC1(C(=O)c2ccc(F)c(F)c2F)CCCC(C)C1. The second-order valence-corrected chi connectivity index (χ2v) is 5.68. The summed E-state index contributed by atoms with van der Waals surface area (Å²) in [5, 5.41) is 0. The van der Waals surface area contributed by atoms with E-state index in [0.29, 0.717) is 19.4 Å². The van der Waals surface area contributed by atoms with Crippen LogP contribution in [-0.2, 0) is 4.74 Å². The molecule has 0 amide bonds. The van der Waals surface area contributed by atoms with Gasteiger partial charge in [-0.1, -0.05) is 13.3 Å². The van der Waals surface area contributed by atoms with Crippen molar-refractivity contribution in [3.05, 3.63) is 35.1 Å². The van der Waals surface area contributed by atoms with Crippen LogP contribution in [0.4, 0.5) is 13.2 Å². The highest BCUT2D eigenvalue weighted by Crippen LogP contribution is 2.38. The van der Waals surface area contributed by atoms with E-state index in [1.165, 1.54) is 0 Å². The normalized spacial score (nSPS) is 25.9. The third-order valence-electron chi connectivity index (χ3n) is 4.07. The molecule has 5 heteroatoms. The first-order valence-corrected chi connectivity index (χ1v) is 7.23. The van der Waals surface area contributed by atoms with E-state index in [9.17, 15) is 18.0 Å². The maximum absolute atomic E-state index is 13.9. The fourth-order valence-corrected chi connectivity index (χ4v) is 3.13. The summed E-state index contributed by atoms with van der Waals surface area (Å²) in [6.07, 6.45) is 2.71. The Balaban J connectivity index is 2.42. The summed E-state index contributed by atoms with van der Waals surface area (Å²) in [6.45, 7) is 4.07. The maximum Gasteiger partial charge on any atom is 0.197 e. The molecule has 0 heterocycles. The monoisotopic (exact) mass is 300 g/mol. The number of ether oxygens (including phenoxy) is 1. The van der Waals surface area contributed by atoms with Crippen LogP contribution in [0.3, 0.4) is 0 Å². The Morgan fingerprint density at radius 1 is 1.33 bits per heavy atom. The molecule has 2 atom stereocenters. The van der Waals surface area contributed by atoms with Crippen molar-refractivity contribution in [3.63, 3.8) is 0 Å². The highest BCUT2D eigenvalue weighted by molar-refractivity contribution is 6.02. The van der Waals surface area contributed by atoms with Crippen molar-refractivity contribution in [2.24, 2.45) is 5.92 Å². The lowest BCUT2D eigenvalue weighted by molar-refractivity contribution is -0.0514. The number of halogens is 3. The second-order valence-electron chi connectivity index (χ2n) is 5.68. The van der Waals surface area contributed by atoms with Crippen LogP contribution in [0, 0.1) is 23.4 Å². The van der Waals surface area contributed by atoms with E-state index in [1.54, 1.807) is 6.92 Å². The average molecular weight is 300 g/mol.